The van der Waals surface area contributed by atoms with Crippen LogP contribution < -0.4 is 11.1 Å². The minimum Gasteiger partial charge on any atom is -0.390 e. The number of carbonyl (C=O) groups excluding carboxylic acids is 2. The third-order valence-corrected chi connectivity index (χ3v) is 7.92. The highest BCUT2D eigenvalue weighted by Gasteiger charge is 2.46. The normalized spacial score (nSPS) is 28.6. The predicted molar refractivity (Wildman–Crippen MR) is 109 cm³/mol. The first-order chi connectivity index (χ1) is 15.7. The maximum Gasteiger partial charge on any atom is 0.490 e. The van der Waals surface area contributed by atoms with Crippen molar-refractivity contribution in [3.8, 4) is 11.8 Å². The molecule has 2 amide bonds. The molecule has 2 rings (SSSR count). The van der Waals surface area contributed by atoms with E-state index in [-0.39, 0.29) is 18.5 Å². The van der Waals surface area contributed by atoms with Crippen molar-refractivity contribution in [3.63, 3.8) is 0 Å². The summed E-state index contributed by atoms with van der Waals surface area (Å²) in [4.78, 5) is 65.1. The van der Waals surface area contributed by atoms with Crippen molar-refractivity contribution in [1.82, 2.24) is 5.32 Å². The van der Waals surface area contributed by atoms with Crippen LogP contribution in [0.2, 0.25) is 0 Å². The van der Waals surface area contributed by atoms with Crippen LogP contribution in [0, 0.1) is 17.8 Å². The highest BCUT2D eigenvalue weighted by Crippen LogP contribution is 2.66. The topological polar surface area (TPSA) is 263 Å². The Hall–Kier alpha value is -1.76. The van der Waals surface area contributed by atoms with Gasteiger partial charge < -0.3 is 34.9 Å². The van der Waals surface area contributed by atoms with Crippen molar-refractivity contribution >= 4 is 42.0 Å². The molecule has 0 aromatic heterocycles. The van der Waals surface area contributed by atoms with Crippen LogP contribution in [0.3, 0.4) is 0 Å². The third-order valence-electron chi connectivity index (χ3n) is 4.11. The molecular formula is C14H20N3O14P3. The van der Waals surface area contributed by atoms with Gasteiger partial charge in [-0.3, -0.25) is 19.4 Å². The fourth-order valence-corrected chi connectivity index (χ4v) is 5.95. The summed E-state index contributed by atoms with van der Waals surface area (Å²) in [5.41, 5.74) is 5.24. The molecule has 0 radical (unpaired) electrons. The van der Waals surface area contributed by atoms with E-state index in [1.54, 1.807) is 0 Å². The van der Waals surface area contributed by atoms with Gasteiger partial charge in [-0.15, -0.1) is 5.16 Å². The Morgan fingerprint density at radius 3 is 2.47 bits per heavy atom. The fraction of sp³-hybridized carbons (Fsp3) is 0.500. The summed E-state index contributed by atoms with van der Waals surface area (Å²) in [7, 11) is -16.7. The van der Waals surface area contributed by atoms with E-state index in [9.17, 15) is 33.1 Å². The van der Waals surface area contributed by atoms with Crippen LogP contribution in [0.4, 0.5) is 0 Å². The number of carbonyl (C=O) groups is 2. The molecule has 1 fully saturated rings. The molecule has 0 bridgehead atoms. The summed E-state index contributed by atoms with van der Waals surface area (Å²) in [6.07, 6.45) is -1.93. The molecule has 190 valence electrons. The van der Waals surface area contributed by atoms with Gasteiger partial charge in [0.05, 0.1) is 30.7 Å². The standard InChI is InChI=1S/C14H20N3O14P3/c1-16-29-11-6-10(9-5-8(3-2-4-15)13(18)17-14(9)19)28-12(11)7-27-33(23,24)31-34(25,26)30-32(20,21)22/h5,9-12H,1,4,6-7,15H2,(H,23,24)(H,25,26)(H,17,18,19)(H2,20,21,22)/t9?,10-,11+,12-/m1/s1. The highest BCUT2D eigenvalue weighted by atomic mass is 31.3. The van der Waals surface area contributed by atoms with E-state index in [0.717, 1.165) is 0 Å². The van der Waals surface area contributed by atoms with E-state index in [1.165, 1.54) is 6.08 Å². The van der Waals surface area contributed by atoms with Crippen LogP contribution in [0.25, 0.3) is 0 Å². The molecule has 17 nitrogen and oxygen atoms in total. The number of imide groups is 1. The van der Waals surface area contributed by atoms with Crippen molar-refractivity contribution in [2.45, 2.75) is 24.7 Å². The van der Waals surface area contributed by atoms with Gasteiger partial charge in [0.2, 0.25) is 5.91 Å². The van der Waals surface area contributed by atoms with Gasteiger partial charge in [0.15, 0.2) is 6.10 Å². The fourth-order valence-electron chi connectivity index (χ4n) is 2.92. The smallest absolute Gasteiger partial charge is 0.390 e. The molecule has 0 aromatic rings. The van der Waals surface area contributed by atoms with Crippen LogP contribution in [-0.4, -0.2) is 69.6 Å². The van der Waals surface area contributed by atoms with E-state index >= 15 is 0 Å². The molecule has 2 heterocycles. The van der Waals surface area contributed by atoms with E-state index in [4.69, 9.17) is 25.1 Å². The lowest BCUT2D eigenvalue weighted by atomic mass is 9.92. The van der Waals surface area contributed by atoms with Crippen LogP contribution in [0.1, 0.15) is 6.42 Å². The minimum atomic E-state index is -5.71. The monoisotopic (exact) mass is 547 g/mol. The molecule has 0 spiro atoms. The van der Waals surface area contributed by atoms with Gasteiger partial charge in [-0.05, 0) is 6.08 Å². The van der Waals surface area contributed by atoms with Crippen molar-refractivity contribution in [2.24, 2.45) is 16.8 Å². The highest BCUT2D eigenvalue weighted by molar-refractivity contribution is 7.66. The second-order valence-corrected chi connectivity index (χ2v) is 11.0. The molecule has 2 aliphatic heterocycles. The Labute approximate surface area is 191 Å². The second kappa shape index (κ2) is 11.3. The molecule has 7 N–H and O–H groups in total. The Bertz CT molecular complexity index is 1060. The van der Waals surface area contributed by atoms with E-state index in [2.05, 4.69) is 42.2 Å². The number of phosphoric acid groups is 3. The first-order valence-electron chi connectivity index (χ1n) is 8.98. The van der Waals surface area contributed by atoms with Gasteiger partial charge in [-0.1, -0.05) is 11.8 Å². The third kappa shape index (κ3) is 8.47. The molecule has 6 atom stereocenters. The van der Waals surface area contributed by atoms with Crippen molar-refractivity contribution in [1.29, 1.82) is 0 Å². The lowest BCUT2D eigenvalue weighted by Crippen LogP contribution is -2.44. The number of phosphoric ester groups is 1. The Kier molecular flexibility index (Phi) is 9.48. The second-order valence-electron chi connectivity index (χ2n) is 6.54. The zero-order chi connectivity index (χ0) is 25.7. The number of hydrogen-bond donors (Lipinski definition) is 6. The summed E-state index contributed by atoms with van der Waals surface area (Å²) in [6, 6.07) is 0. The molecule has 34 heavy (non-hydrogen) atoms. The Morgan fingerprint density at radius 1 is 1.21 bits per heavy atom. The maximum atomic E-state index is 12.3. The van der Waals surface area contributed by atoms with Crippen LogP contribution in [0.15, 0.2) is 16.8 Å². The predicted octanol–water partition coefficient (Wildman–Crippen LogP) is -1.35. The largest absolute Gasteiger partial charge is 0.490 e. The molecule has 1 saturated heterocycles. The molecule has 0 aliphatic carbocycles. The number of oxime groups is 1. The first kappa shape index (κ1) is 28.5. The van der Waals surface area contributed by atoms with Crippen molar-refractivity contribution in [2.75, 3.05) is 13.2 Å². The van der Waals surface area contributed by atoms with Gasteiger partial charge in [0, 0.05) is 13.1 Å². The van der Waals surface area contributed by atoms with Gasteiger partial charge in [0.1, 0.15) is 6.10 Å². The lowest BCUT2D eigenvalue weighted by molar-refractivity contribution is -0.134. The number of rotatable bonds is 10. The lowest BCUT2D eigenvalue weighted by Gasteiger charge is -2.23. The number of nitrogens with two attached hydrogens (primary N) is 1. The zero-order valence-electron chi connectivity index (χ0n) is 17.0. The number of nitrogens with one attached hydrogen (secondary N) is 1. The van der Waals surface area contributed by atoms with Gasteiger partial charge >= 0.3 is 23.5 Å². The average Bonchev–Trinajstić information content (AvgIpc) is 3.06. The van der Waals surface area contributed by atoms with Gasteiger partial charge in [-0.25, -0.2) is 13.7 Å². The van der Waals surface area contributed by atoms with E-state index in [0.29, 0.717) is 0 Å². The quantitative estimate of drug-likeness (QED) is 0.0607. The summed E-state index contributed by atoms with van der Waals surface area (Å²) in [5.74, 6) is 2.51. The molecule has 20 heteroatoms. The number of ether oxygens (including phenoxy) is 1. The molecule has 3 unspecified atom stereocenters. The SMILES string of the molecule is C=NO[C@H]1C[C@H](C2C=C(C#CCN)C(=O)NC2=O)O[C@@H]1COP(=O)(O)OP(=O)(O)OP(=O)(O)O. The minimum absolute atomic E-state index is 0.0327. The summed E-state index contributed by atoms with van der Waals surface area (Å²) in [6.45, 7) is 2.26. The Balaban J connectivity index is 2.12. The van der Waals surface area contributed by atoms with Gasteiger partial charge in [-0.2, -0.15) is 8.62 Å². The molecular weight excluding hydrogens is 527 g/mol. The van der Waals surface area contributed by atoms with Crippen molar-refractivity contribution in [3.05, 3.63) is 11.6 Å². The zero-order valence-corrected chi connectivity index (χ0v) is 19.6. The molecule has 2 aliphatic rings. The van der Waals surface area contributed by atoms with Crippen molar-refractivity contribution < 1.29 is 65.6 Å². The Morgan fingerprint density at radius 2 is 1.88 bits per heavy atom. The van der Waals surface area contributed by atoms with Crippen LogP contribution >= 0.6 is 23.5 Å². The summed E-state index contributed by atoms with van der Waals surface area (Å²) < 4.78 is 51.4. The molecule has 0 aromatic carbocycles. The number of nitrogens with zero attached hydrogens (tertiary/aromatic N) is 1. The van der Waals surface area contributed by atoms with Crippen LogP contribution in [0.5, 0.6) is 0 Å². The summed E-state index contributed by atoms with van der Waals surface area (Å²) >= 11 is 0. The number of hydrogen-bond acceptors (Lipinski definition) is 12. The summed E-state index contributed by atoms with van der Waals surface area (Å²) in [5, 5.41) is 5.34. The average molecular weight is 547 g/mol. The van der Waals surface area contributed by atoms with E-state index < -0.39 is 66.1 Å². The van der Waals surface area contributed by atoms with Crippen LogP contribution in [-0.2, 0) is 46.0 Å². The molecule has 0 saturated carbocycles. The maximum absolute atomic E-state index is 12.3. The van der Waals surface area contributed by atoms with E-state index in [1.807, 2.05) is 0 Å². The number of amides is 2. The van der Waals surface area contributed by atoms with Gasteiger partial charge in [0.25, 0.3) is 5.91 Å². The first-order valence-corrected chi connectivity index (χ1v) is 13.5.